The second-order valence-electron chi connectivity index (χ2n) is 8.47. The SMILES string of the molecule is COc1ccc(OC)c(-c2csc(=NC3CCCCC3)n2N=Cc2cc3c(cc2[N+](=O)[O-])OCO3)c1. The van der Waals surface area contributed by atoms with E-state index >= 15 is 0 Å². The van der Waals surface area contributed by atoms with E-state index in [0.29, 0.717) is 33.4 Å². The fraction of sp³-hybridized carbons (Fsp3) is 0.360. The van der Waals surface area contributed by atoms with Crippen molar-refractivity contribution in [3.05, 3.63) is 56.2 Å². The fourth-order valence-electron chi connectivity index (χ4n) is 4.39. The average Bonchev–Trinajstić information content (AvgIpc) is 3.53. The molecule has 3 aromatic rings. The lowest BCUT2D eigenvalue weighted by atomic mass is 9.96. The standard InChI is InChI=1S/C25H26N4O6S/c1-32-18-8-9-22(33-2)19(11-18)21-14-36-25(27-17-6-4-3-5-7-17)28(21)26-13-16-10-23-24(35-15-34-23)12-20(16)29(30)31/h8-14,17H,3-7,15H2,1-2H3. The van der Waals surface area contributed by atoms with Gasteiger partial charge in [-0.15, -0.1) is 11.3 Å². The van der Waals surface area contributed by atoms with Gasteiger partial charge in [-0.1, -0.05) is 19.3 Å². The van der Waals surface area contributed by atoms with E-state index in [0.717, 1.165) is 36.9 Å². The molecule has 0 unspecified atom stereocenters. The largest absolute Gasteiger partial charge is 0.497 e. The number of benzene rings is 2. The van der Waals surface area contributed by atoms with Gasteiger partial charge in [-0.3, -0.25) is 15.1 Å². The van der Waals surface area contributed by atoms with Gasteiger partial charge >= 0.3 is 0 Å². The van der Waals surface area contributed by atoms with Gasteiger partial charge in [0.2, 0.25) is 11.6 Å². The zero-order chi connectivity index (χ0) is 25.1. The van der Waals surface area contributed by atoms with Gasteiger partial charge < -0.3 is 18.9 Å². The summed E-state index contributed by atoms with van der Waals surface area (Å²) in [5.41, 5.74) is 1.70. The lowest BCUT2D eigenvalue weighted by molar-refractivity contribution is -0.385. The maximum atomic E-state index is 11.7. The van der Waals surface area contributed by atoms with E-state index in [9.17, 15) is 10.1 Å². The minimum Gasteiger partial charge on any atom is -0.497 e. The summed E-state index contributed by atoms with van der Waals surface area (Å²) in [6.45, 7) is 0.0244. The van der Waals surface area contributed by atoms with Crippen LogP contribution >= 0.6 is 11.3 Å². The minimum atomic E-state index is -0.457. The second-order valence-corrected chi connectivity index (χ2v) is 9.30. The Labute approximate surface area is 211 Å². The lowest BCUT2D eigenvalue weighted by Crippen LogP contribution is -2.19. The third-order valence-electron chi connectivity index (χ3n) is 6.27. The van der Waals surface area contributed by atoms with Crippen molar-refractivity contribution in [3.8, 4) is 34.3 Å². The predicted molar refractivity (Wildman–Crippen MR) is 135 cm³/mol. The molecule has 1 aromatic heterocycles. The lowest BCUT2D eigenvalue weighted by Gasteiger charge is -2.17. The van der Waals surface area contributed by atoms with E-state index in [1.807, 2.05) is 23.6 Å². The quantitative estimate of drug-likeness (QED) is 0.252. The smallest absolute Gasteiger partial charge is 0.282 e. The summed E-state index contributed by atoms with van der Waals surface area (Å²) >= 11 is 1.47. The van der Waals surface area contributed by atoms with Crippen molar-refractivity contribution in [2.24, 2.45) is 10.1 Å². The number of ether oxygens (including phenoxy) is 4. The Hall–Kier alpha value is -3.86. The van der Waals surface area contributed by atoms with Crippen molar-refractivity contribution in [3.63, 3.8) is 0 Å². The van der Waals surface area contributed by atoms with Crippen LogP contribution in [0.2, 0.25) is 0 Å². The van der Waals surface area contributed by atoms with Gasteiger partial charge in [0, 0.05) is 10.9 Å². The van der Waals surface area contributed by atoms with Gasteiger partial charge in [0.25, 0.3) is 5.69 Å². The molecule has 0 atom stereocenters. The molecule has 11 heteroatoms. The molecule has 1 aliphatic carbocycles. The first-order chi connectivity index (χ1) is 17.6. The zero-order valence-corrected chi connectivity index (χ0v) is 20.8. The van der Waals surface area contributed by atoms with E-state index in [-0.39, 0.29) is 18.5 Å². The highest BCUT2D eigenvalue weighted by molar-refractivity contribution is 7.07. The average molecular weight is 511 g/mol. The predicted octanol–water partition coefficient (Wildman–Crippen LogP) is 4.99. The summed E-state index contributed by atoms with van der Waals surface area (Å²) in [5, 5.41) is 18.4. The molecule has 1 aliphatic heterocycles. The monoisotopic (exact) mass is 510 g/mol. The van der Waals surface area contributed by atoms with E-state index < -0.39 is 4.92 Å². The first-order valence-corrected chi connectivity index (χ1v) is 12.5. The van der Waals surface area contributed by atoms with Crippen molar-refractivity contribution in [1.29, 1.82) is 0 Å². The molecule has 0 amide bonds. The van der Waals surface area contributed by atoms with Crippen LogP contribution in [0.1, 0.15) is 37.7 Å². The van der Waals surface area contributed by atoms with Gasteiger partial charge in [0.05, 0.1) is 48.7 Å². The summed E-state index contributed by atoms with van der Waals surface area (Å²) < 4.78 is 23.5. The molecule has 5 rings (SSSR count). The highest BCUT2D eigenvalue weighted by Gasteiger charge is 2.23. The number of nitrogens with zero attached hydrogens (tertiary/aromatic N) is 4. The van der Waals surface area contributed by atoms with Crippen LogP contribution in [0.15, 0.2) is 45.8 Å². The Morgan fingerprint density at radius 2 is 1.89 bits per heavy atom. The normalized spacial score (nSPS) is 16.0. The number of methoxy groups -OCH3 is 2. The summed E-state index contributed by atoms with van der Waals surface area (Å²) in [4.78, 5) is 17.0. The molecule has 0 bridgehead atoms. The number of hydrogen-bond donors (Lipinski definition) is 0. The topological polar surface area (TPSA) is 110 Å². The molecule has 36 heavy (non-hydrogen) atoms. The van der Waals surface area contributed by atoms with Crippen LogP contribution in [0.3, 0.4) is 0 Å². The summed E-state index contributed by atoms with van der Waals surface area (Å²) in [6.07, 6.45) is 7.07. The maximum Gasteiger partial charge on any atom is 0.282 e. The number of rotatable bonds is 7. The molecule has 2 aromatic carbocycles. The number of aromatic nitrogens is 1. The van der Waals surface area contributed by atoms with E-state index in [1.165, 1.54) is 30.0 Å². The molecule has 10 nitrogen and oxygen atoms in total. The molecular weight excluding hydrogens is 484 g/mol. The third-order valence-corrected chi connectivity index (χ3v) is 7.10. The van der Waals surface area contributed by atoms with E-state index in [1.54, 1.807) is 25.0 Å². The van der Waals surface area contributed by atoms with Gasteiger partial charge in [0.15, 0.2) is 11.5 Å². The Bertz CT molecular complexity index is 1370. The molecule has 0 N–H and O–H groups in total. The number of nitro groups is 1. The van der Waals surface area contributed by atoms with Crippen LogP contribution in [-0.2, 0) is 0 Å². The molecule has 0 radical (unpaired) electrons. The van der Waals surface area contributed by atoms with Gasteiger partial charge in [-0.2, -0.15) is 5.10 Å². The molecule has 1 saturated carbocycles. The highest BCUT2D eigenvalue weighted by atomic mass is 32.1. The molecule has 1 fully saturated rings. The van der Waals surface area contributed by atoms with Crippen molar-refractivity contribution in [2.45, 2.75) is 38.1 Å². The fourth-order valence-corrected chi connectivity index (χ4v) is 5.29. The number of nitro benzene ring substituents is 1. The molecule has 0 spiro atoms. The van der Waals surface area contributed by atoms with Crippen molar-refractivity contribution < 1.29 is 23.9 Å². The van der Waals surface area contributed by atoms with Crippen molar-refractivity contribution >= 4 is 23.2 Å². The number of thiazole rings is 1. The van der Waals surface area contributed by atoms with Crippen molar-refractivity contribution in [1.82, 2.24) is 4.68 Å². The summed E-state index contributed by atoms with van der Waals surface area (Å²) in [7, 11) is 3.21. The first kappa shape index (κ1) is 23.9. The molecule has 2 heterocycles. The first-order valence-electron chi connectivity index (χ1n) is 11.7. The third kappa shape index (κ3) is 4.78. The number of hydrogen-bond acceptors (Lipinski definition) is 9. The molecule has 188 valence electrons. The zero-order valence-electron chi connectivity index (χ0n) is 20.0. The Morgan fingerprint density at radius 1 is 1.11 bits per heavy atom. The van der Waals surface area contributed by atoms with E-state index in [4.69, 9.17) is 23.9 Å². The van der Waals surface area contributed by atoms with Gasteiger partial charge in [0.1, 0.15) is 11.5 Å². The van der Waals surface area contributed by atoms with E-state index in [2.05, 4.69) is 5.10 Å². The maximum absolute atomic E-state index is 11.7. The van der Waals surface area contributed by atoms with Crippen LogP contribution in [0, 0.1) is 10.1 Å². The van der Waals surface area contributed by atoms with Crippen LogP contribution < -0.4 is 23.7 Å². The number of fused-ring (bicyclic) bond motifs is 1. The van der Waals surface area contributed by atoms with Crippen LogP contribution in [-0.4, -0.2) is 42.9 Å². The van der Waals surface area contributed by atoms with Crippen molar-refractivity contribution in [2.75, 3.05) is 21.0 Å². The summed E-state index contributed by atoms with van der Waals surface area (Å²) in [5.74, 6) is 2.11. The van der Waals surface area contributed by atoms with Crippen LogP contribution in [0.4, 0.5) is 5.69 Å². The highest BCUT2D eigenvalue weighted by Crippen LogP contribution is 2.38. The van der Waals surface area contributed by atoms with Crippen LogP contribution in [0.5, 0.6) is 23.0 Å². The minimum absolute atomic E-state index is 0.0244. The van der Waals surface area contributed by atoms with Crippen LogP contribution in [0.25, 0.3) is 11.3 Å². The second kappa shape index (κ2) is 10.4. The Morgan fingerprint density at radius 3 is 2.61 bits per heavy atom. The Balaban J connectivity index is 1.65. The molecule has 2 aliphatic rings. The van der Waals surface area contributed by atoms with Gasteiger partial charge in [-0.25, -0.2) is 4.68 Å². The molecule has 0 saturated heterocycles. The van der Waals surface area contributed by atoms with Gasteiger partial charge in [-0.05, 0) is 37.1 Å². The summed E-state index contributed by atoms with van der Waals surface area (Å²) in [6, 6.07) is 8.69. The molecular formula is C25H26N4O6S. The Kier molecular flexibility index (Phi) is 6.90.